The highest BCUT2D eigenvalue weighted by Gasteiger charge is 2.49. The number of aryl methyl sites for hydroxylation is 1. The molecular formula is C23H28BrClN2O2. The second kappa shape index (κ2) is 8.66. The fourth-order valence-electron chi connectivity index (χ4n) is 4.88. The van der Waals surface area contributed by atoms with Crippen LogP contribution in [0.25, 0.3) is 11.1 Å². The summed E-state index contributed by atoms with van der Waals surface area (Å²) >= 11 is 6.16. The molecule has 1 amide bonds. The van der Waals surface area contributed by atoms with E-state index in [1.54, 1.807) is 0 Å². The van der Waals surface area contributed by atoms with Gasteiger partial charge in [-0.2, -0.15) is 0 Å². The molecule has 4 rings (SSSR count). The average Bonchev–Trinajstić information content (AvgIpc) is 2.81. The quantitative estimate of drug-likeness (QED) is 0.688. The van der Waals surface area contributed by atoms with Crippen LogP contribution >= 0.6 is 11.6 Å². The SMILES string of the molecule is Cc1ccc(NC(=O)OC2CC3CCC(C2)[N+]3(C)C)c(-c2cccc(Cl)c2)c1.[Br-]. The number of fused-ring (bicyclic) bond motifs is 2. The number of halogens is 2. The van der Waals surface area contributed by atoms with Crippen molar-refractivity contribution in [2.75, 3.05) is 19.4 Å². The molecule has 2 aromatic carbocycles. The number of quaternary nitrogens is 1. The van der Waals surface area contributed by atoms with Gasteiger partial charge in [-0.15, -0.1) is 0 Å². The summed E-state index contributed by atoms with van der Waals surface area (Å²) in [5.74, 6) is 0. The van der Waals surface area contributed by atoms with Crippen molar-refractivity contribution in [1.29, 1.82) is 0 Å². The molecule has 0 saturated carbocycles. The summed E-state index contributed by atoms with van der Waals surface area (Å²) in [5, 5.41) is 3.64. The molecule has 2 atom stereocenters. The zero-order chi connectivity index (χ0) is 19.9. The van der Waals surface area contributed by atoms with Crippen molar-refractivity contribution >= 4 is 23.4 Å². The van der Waals surface area contributed by atoms with Crippen LogP contribution in [-0.4, -0.2) is 42.9 Å². The average molecular weight is 480 g/mol. The number of nitrogens with one attached hydrogen (secondary N) is 1. The van der Waals surface area contributed by atoms with E-state index in [1.807, 2.05) is 43.3 Å². The number of piperidine rings is 1. The van der Waals surface area contributed by atoms with Gasteiger partial charge in [0.25, 0.3) is 0 Å². The number of rotatable bonds is 3. The van der Waals surface area contributed by atoms with Crippen LogP contribution < -0.4 is 22.3 Å². The number of anilines is 1. The predicted octanol–water partition coefficient (Wildman–Crippen LogP) is 2.64. The van der Waals surface area contributed by atoms with Gasteiger partial charge in [0.15, 0.2) is 0 Å². The Labute approximate surface area is 188 Å². The summed E-state index contributed by atoms with van der Waals surface area (Å²) in [4.78, 5) is 12.6. The van der Waals surface area contributed by atoms with E-state index in [2.05, 4.69) is 25.5 Å². The fourth-order valence-corrected chi connectivity index (χ4v) is 5.07. The number of benzene rings is 2. The van der Waals surface area contributed by atoms with Crippen molar-refractivity contribution in [3.8, 4) is 11.1 Å². The van der Waals surface area contributed by atoms with E-state index >= 15 is 0 Å². The van der Waals surface area contributed by atoms with E-state index in [0.717, 1.165) is 39.7 Å². The summed E-state index contributed by atoms with van der Waals surface area (Å²) in [7, 11) is 4.62. The van der Waals surface area contributed by atoms with Crippen LogP contribution in [0, 0.1) is 6.92 Å². The van der Waals surface area contributed by atoms with E-state index < -0.39 is 0 Å². The molecule has 2 fully saturated rings. The summed E-state index contributed by atoms with van der Waals surface area (Å²) in [6.45, 7) is 2.04. The molecule has 2 saturated heterocycles. The van der Waals surface area contributed by atoms with Crippen molar-refractivity contribution in [2.24, 2.45) is 0 Å². The first-order valence-corrected chi connectivity index (χ1v) is 10.4. The molecule has 2 aliphatic heterocycles. The molecular weight excluding hydrogens is 452 g/mol. The Kier molecular flexibility index (Phi) is 6.61. The van der Waals surface area contributed by atoms with Crippen LogP contribution in [0.3, 0.4) is 0 Å². The van der Waals surface area contributed by atoms with Crippen molar-refractivity contribution in [3.05, 3.63) is 53.1 Å². The minimum atomic E-state index is -0.372. The lowest BCUT2D eigenvalue weighted by molar-refractivity contribution is -0.931. The molecule has 0 radical (unpaired) electrons. The van der Waals surface area contributed by atoms with Gasteiger partial charge in [-0.1, -0.05) is 35.4 Å². The van der Waals surface area contributed by atoms with Gasteiger partial charge in [-0.3, -0.25) is 5.32 Å². The lowest BCUT2D eigenvalue weighted by Gasteiger charge is -2.43. The number of ether oxygens (including phenoxy) is 1. The van der Waals surface area contributed by atoms with Crippen molar-refractivity contribution < 1.29 is 31.0 Å². The van der Waals surface area contributed by atoms with E-state index in [0.29, 0.717) is 17.1 Å². The number of nitrogens with zero attached hydrogens (tertiary/aromatic N) is 1. The van der Waals surface area contributed by atoms with Crippen molar-refractivity contribution in [1.82, 2.24) is 0 Å². The second-order valence-electron chi connectivity index (χ2n) is 8.70. The van der Waals surface area contributed by atoms with Gasteiger partial charge in [-0.05, 0) is 36.8 Å². The lowest BCUT2D eigenvalue weighted by Crippen LogP contribution is -3.00. The summed E-state index contributed by atoms with van der Waals surface area (Å²) < 4.78 is 6.90. The number of hydrogen-bond donors (Lipinski definition) is 1. The van der Waals surface area contributed by atoms with Crippen LogP contribution in [0.15, 0.2) is 42.5 Å². The highest BCUT2D eigenvalue weighted by molar-refractivity contribution is 6.30. The number of carbonyl (C=O) groups is 1. The monoisotopic (exact) mass is 478 g/mol. The third-order valence-electron chi connectivity index (χ3n) is 6.61. The van der Waals surface area contributed by atoms with Gasteiger partial charge < -0.3 is 26.2 Å². The number of carbonyl (C=O) groups excluding carboxylic acids is 1. The van der Waals surface area contributed by atoms with Gasteiger partial charge in [0.2, 0.25) is 0 Å². The smallest absolute Gasteiger partial charge is 0.411 e. The van der Waals surface area contributed by atoms with E-state index in [4.69, 9.17) is 16.3 Å². The van der Waals surface area contributed by atoms with Crippen molar-refractivity contribution in [3.63, 3.8) is 0 Å². The zero-order valence-electron chi connectivity index (χ0n) is 17.1. The molecule has 4 nitrogen and oxygen atoms in total. The van der Waals surface area contributed by atoms with Crippen LogP contribution in [-0.2, 0) is 4.74 Å². The van der Waals surface area contributed by atoms with Crippen LogP contribution in [0.4, 0.5) is 10.5 Å². The van der Waals surface area contributed by atoms with Gasteiger partial charge in [0.05, 0.1) is 31.9 Å². The molecule has 2 heterocycles. The molecule has 0 aromatic heterocycles. The summed E-state index contributed by atoms with van der Waals surface area (Å²) in [5.41, 5.74) is 3.78. The molecule has 29 heavy (non-hydrogen) atoms. The molecule has 0 spiro atoms. The Morgan fingerprint density at radius 1 is 1.10 bits per heavy atom. The Morgan fingerprint density at radius 2 is 1.79 bits per heavy atom. The Bertz CT molecular complexity index is 886. The van der Waals surface area contributed by atoms with Crippen LogP contribution in [0.5, 0.6) is 0 Å². The topological polar surface area (TPSA) is 38.3 Å². The Hall–Kier alpha value is -1.56. The molecule has 156 valence electrons. The zero-order valence-corrected chi connectivity index (χ0v) is 19.5. The van der Waals surface area contributed by atoms with E-state index in [-0.39, 0.29) is 29.2 Å². The Morgan fingerprint density at radius 3 is 2.45 bits per heavy atom. The first-order valence-electron chi connectivity index (χ1n) is 10.0. The normalized spacial score (nSPS) is 24.5. The number of amides is 1. The van der Waals surface area contributed by atoms with E-state index in [9.17, 15) is 4.79 Å². The first-order chi connectivity index (χ1) is 13.3. The second-order valence-corrected chi connectivity index (χ2v) is 9.13. The minimum Gasteiger partial charge on any atom is -1.00 e. The molecule has 2 aliphatic rings. The summed E-state index contributed by atoms with van der Waals surface area (Å²) in [6.07, 6.45) is 4.00. The lowest BCUT2D eigenvalue weighted by atomic mass is 9.98. The number of hydrogen-bond acceptors (Lipinski definition) is 2. The minimum absolute atomic E-state index is 0. The molecule has 1 N–H and O–H groups in total. The predicted molar refractivity (Wildman–Crippen MR) is 114 cm³/mol. The summed E-state index contributed by atoms with van der Waals surface area (Å²) in [6, 6.07) is 14.8. The Balaban J connectivity index is 0.00000240. The third-order valence-corrected chi connectivity index (χ3v) is 6.84. The molecule has 0 aliphatic carbocycles. The van der Waals surface area contributed by atoms with Gasteiger partial charge in [-0.25, -0.2) is 4.79 Å². The maximum Gasteiger partial charge on any atom is 0.411 e. The van der Waals surface area contributed by atoms with Crippen LogP contribution in [0.1, 0.15) is 31.2 Å². The molecule has 2 aromatic rings. The van der Waals surface area contributed by atoms with E-state index in [1.165, 1.54) is 12.8 Å². The highest BCUT2D eigenvalue weighted by atomic mass is 79.9. The largest absolute Gasteiger partial charge is 1.00 e. The van der Waals surface area contributed by atoms with Gasteiger partial charge >= 0.3 is 6.09 Å². The molecule has 2 bridgehead atoms. The van der Waals surface area contributed by atoms with Gasteiger partial charge in [0, 0.05) is 36.3 Å². The standard InChI is InChI=1S/C23H27ClN2O2.BrH/c1-15-7-10-22(21(11-15)16-5-4-6-17(24)12-16)25-23(27)28-20-13-18-8-9-19(14-20)26(18,2)3;/h4-7,10-12,18-20H,8-9,13-14H2,1-3H3;1H. The highest BCUT2D eigenvalue weighted by Crippen LogP contribution is 2.40. The molecule has 6 heteroatoms. The van der Waals surface area contributed by atoms with Crippen molar-refractivity contribution in [2.45, 2.75) is 50.8 Å². The molecule has 2 unspecified atom stereocenters. The van der Waals surface area contributed by atoms with Crippen LogP contribution in [0.2, 0.25) is 5.02 Å². The third kappa shape index (κ3) is 4.62. The maximum atomic E-state index is 12.6. The fraction of sp³-hybridized carbons (Fsp3) is 0.435. The maximum absolute atomic E-state index is 12.6. The van der Waals surface area contributed by atoms with Gasteiger partial charge in [0.1, 0.15) is 6.10 Å². The first kappa shape index (κ1) is 22.1.